The van der Waals surface area contributed by atoms with Gasteiger partial charge in [0.2, 0.25) is 5.95 Å². The number of aromatic nitrogens is 2. The summed E-state index contributed by atoms with van der Waals surface area (Å²) >= 11 is 3.47. The van der Waals surface area contributed by atoms with E-state index in [1.54, 1.807) is 12.4 Å². The Bertz CT molecular complexity index is 681. The summed E-state index contributed by atoms with van der Waals surface area (Å²) in [6.07, 6.45) is 5.33. The highest BCUT2D eigenvalue weighted by molar-refractivity contribution is 9.10. The molecule has 22 heavy (non-hydrogen) atoms. The van der Waals surface area contributed by atoms with Gasteiger partial charge in [-0.15, -0.1) is 0 Å². The smallest absolute Gasteiger partial charge is 0.256 e. The van der Waals surface area contributed by atoms with Crippen LogP contribution < -0.4 is 5.32 Å². The highest BCUT2D eigenvalue weighted by Crippen LogP contribution is 2.21. The number of amides is 1. The number of benzene rings is 1. The molecule has 0 aliphatic carbocycles. The average molecular weight is 361 g/mol. The number of aryl methyl sites for hydroxylation is 1. The molecular formula is C16H17BrN4O. The minimum atomic E-state index is 0.0172. The van der Waals surface area contributed by atoms with Crippen molar-refractivity contribution in [1.82, 2.24) is 14.9 Å². The van der Waals surface area contributed by atoms with Crippen molar-refractivity contribution in [3.63, 3.8) is 0 Å². The molecular weight excluding hydrogens is 344 g/mol. The predicted molar refractivity (Wildman–Crippen MR) is 89.3 cm³/mol. The van der Waals surface area contributed by atoms with Gasteiger partial charge >= 0.3 is 0 Å². The Morgan fingerprint density at radius 1 is 1.23 bits per heavy atom. The first-order valence-electron chi connectivity index (χ1n) is 7.28. The molecule has 1 aliphatic rings. The van der Waals surface area contributed by atoms with Gasteiger partial charge in [-0.1, -0.05) is 15.9 Å². The normalized spacial score (nSPS) is 14.2. The van der Waals surface area contributed by atoms with Crippen LogP contribution in [0.5, 0.6) is 0 Å². The summed E-state index contributed by atoms with van der Waals surface area (Å²) in [5.41, 5.74) is 2.59. The van der Waals surface area contributed by atoms with Gasteiger partial charge in [-0.25, -0.2) is 9.97 Å². The van der Waals surface area contributed by atoms with Crippen molar-refractivity contribution in [3.8, 4) is 0 Å². The van der Waals surface area contributed by atoms with Gasteiger partial charge in [0.25, 0.3) is 5.91 Å². The fraction of sp³-hybridized carbons (Fsp3) is 0.312. The van der Waals surface area contributed by atoms with Crippen LogP contribution >= 0.6 is 15.9 Å². The molecule has 1 aromatic carbocycles. The molecule has 1 N–H and O–H groups in total. The fourth-order valence-corrected chi connectivity index (χ4v) is 2.70. The summed E-state index contributed by atoms with van der Waals surface area (Å²) in [5, 5.41) is 3.14. The van der Waals surface area contributed by atoms with Crippen molar-refractivity contribution in [2.24, 2.45) is 0 Å². The average Bonchev–Trinajstić information content (AvgIpc) is 3.05. The molecule has 6 heteroatoms. The number of likely N-dealkylation sites (tertiary alicyclic amines) is 1. The number of hydrogen-bond donors (Lipinski definition) is 1. The molecule has 2 aromatic rings. The molecule has 0 bridgehead atoms. The van der Waals surface area contributed by atoms with Gasteiger partial charge < -0.3 is 10.2 Å². The molecule has 0 radical (unpaired) electrons. The van der Waals surface area contributed by atoms with Gasteiger partial charge in [0.15, 0.2) is 0 Å². The van der Waals surface area contributed by atoms with E-state index in [-0.39, 0.29) is 5.91 Å². The Morgan fingerprint density at radius 2 is 1.91 bits per heavy atom. The second-order valence-electron chi connectivity index (χ2n) is 5.38. The minimum Gasteiger partial charge on any atom is -0.339 e. The van der Waals surface area contributed by atoms with E-state index in [1.165, 1.54) is 0 Å². The summed E-state index contributed by atoms with van der Waals surface area (Å²) < 4.78 is 1.06. The van der Waals surface area contributed by atoms with Crippen molar-refractivity contribution in [3.05, 3.63) is 46.2 Å². The fourth-order valence-electron chi connectivity index (χ4n) is 2.46. The number of carbonyl (C=O) groups excluding carboxylic acids is 1. The van der Waals surface area contributed by atoms with Crippen LogP contribution in [0.1, 0.15) is 28.8 Å². The molecule has 114 valence electrons. The van der Waals surface area contributed by atoms with Crippen LogP contribution in [0.4, 0.5) is 11.6 Å². The number of carbonyl (C=O) groups is 1. The molecule has 2 heterocycles. The second kappa shape index (κ2) is 6.44. The maximum Gasteiger partial charge on any atom is 0.256 e. The molecule has 5 nitrogen and oxygen atoms in total. The third kappa shape index (κ3) is 3.27. The highest BCUT2D eigenvalue weighted by atomic mass is 79.9. The molecule has 3 rings (SSSR count). The van der Waals surface area contributed by atoms with E-state index in [2.05, 4.69) is 31.2 Å². The van der Waals surface area contributed by atoms with E-state index < -0.39 is 0 Å². The first-order chi connectivity index (χ1) is 10.6. The molecule has 1 aliphatic heterocycles. The van der Waals surface area contributed by atoms with Gasteiger partial charge in [-0.2, -0.15) is 0 Å². The first-order valence-corrected chi connectivity index (χ1v) is 8.07. The SMILES string of the molecule is Cc1cc(Nc2ncc(C(=O)N3CCCC3)cn2)ccc1Br. The molecule has 0 saturated carbocycles. The summed E-state index contributed by atoms with van der Waals surface area (Å²) in [4.78, 5) is 22.5. The molecule has 1 aromatic heterocycles. The number of anilines is 2. The number of rotatable bonds is 3. The topological polar surface area (TPSA) is 58.1 Å². The van der Waals surface area contributed by atoms with E-state index >= 15 is 0 Å². The predicted octanol–water partition coefficient (Wildman–Crippen LogP) is 3.53. The second-order valence-corrected chi connectivity index (χ2v) is 6.24. The molecule has 1 saturated heterocycles. The molecule has 1 amide bonds. The van der Waals surface area contributed by atoms with Gasteiger partial charge in [-0.05, 0) is 43.5 Å². The van der Waals surface area contributed by atoms with E-state index in [4.69, 9.17) is 0 Å². The Morgan fingerprint density at radius 3 is 2.55 bits per heavy atom. The highest BCUT2D eigenvalue weighted by Gasteiger charge is 2.19. The summed E-state index contributed by atoms with van der Waals surface area (Å²) in [7, 11) is 0. The maximum absolute atomic E-state index is 12.2. The Labute approximate surface area is 137 Å². The zero-order valence-corrected chi connectivity index (χ0v) is 13.9. The van der Waals surface area contributed by atoms with Crippen LogP contribution in [0, 0.1) is 6.92 Å². The van der Waals surface area contributed by atoms with Crippen molar-refractivity contribution >= 4 is 33.5 Å². The van der Waals surface area contributed by atoms with Crippen molar-refractivity contribution in [2.75, 3.05) is 18.4 Å². The zero-order chi connectivity index (χ0) is 15.5. The Hall–Kier alpha value is -1.95. The van der Waals surface area contributed by atoms with Crippen LogP contribution in [0.3, 0.4) is 0 Å². The van der Waals surface area contributed by atoms with E-state index in [0.29, 0.717) is 11.5 Å². The Kier molecular flexibility index (Phi) is 4.38. The minimum absolute atomic E-state index is 0.0172. The standard InChI is InChI=1S/C16H17BrN4O/c1-11-8-13(4-5-14(11)17)20-16-18-9-12(10-19-16)15(22)21-6-2-3-7-21/h4-5,8-10H,2-3,6-7H2,1H3,(H,18,19,20). The van der Waals surface area contributed by atoms with E-state index in [1.807, 2.05) is 30.0 Å². The monoisotopic (exact) mass is 360 g/mol. The van der Waals surface area contributed by atoms with Crippen LogP contribution in [-0.4, -0.2) is 33.9 Å². The molecule has 0 spiro atoms. The van der Waals surface area contributed by atoms with Crippen molar-refractivity contribution in [2.45, 2.75) is 19.8 Å². The van der Waals surface area contributed by atoms with Gasteiger partial charge in [0, 0.05) is 35.6 Å². The lowest BCUT2D eigenvalue weighted by Gasteiger charge is -2.14. The van der Waals surface area contributed by atoms with Crippen LogP contribution in [0.2, 0.25) is 0 Å². The van der Waals surface area contributed by atoms with Crippen LogP contribution in [-0.2, 0) is 0 Å². The van der Waals surface area contributed by atoms with Gasteiger partial charge in [0.05, 0.1) is 5.56 Å². The van der Waals surface area contributed by atoms with Crippen molar-refractivity contribution < 1.29 is 4.79 Å². The first kappa shape index (κ1) is 15.0. The van der Waals surface area contributed by atoms with Crippen LogP contribution in [0.25, 0.3) is 0 Å². The third-order valence-electron chi connectivity index (χ3n) is 3.71. The number of hydrogen-bond acceptors (Lipinski definition) is 4. The largest absolute Gasteiger partial charge is 0.339 e. The number of halogens is 1. The lowest BCUT2D eigenvalue weighted by atomic mass is 10.2. The van der Waals surface area contributed by atoms with Crippen LogP contribution in [0.15, 0.2) is 35.1 Å². The van der Waals surface area contributed by atoms with Gasteiger partial charge in [0.1, 0.15) is 0 Å². The lowest BCUT2D eigenvalue weighted by molar-refractivity contribution is 0.0792. The van der Waals surface area contributed by atoms with E-state index in [0.717, 1.165) is 41.7 Å². The number of nitrogens with zero attached hydrogens (tertiary/aromatic N) is 3. The molecule has 0 atom stereocenters. The summed E-state index contributed by atoms with van der Waals surface area (Å²) in [6, 6.07) is 5.93. The molecule has 1 fully saturated rings. The van der Waals surface area contributed by atoms with E-state index in [9.17, 15) is 4.79 Å². The summed E-state index contributed by atoms with van der Waals surface area (Å²) in [5.74, 6) is 0.503. The number of nitrogens with one attached hydrogen (secondary N) is 1. The van der Waals surface area contributed by atoms with Gasteiger partial charge in [-0.3, -0.25) is 4.79 Å². The molecule has 0 unspecified atom stereocenters. The third-order valence-corrected chi connectivity index (χ3v) is 4.60. The van der Waals surface area contributed by atoms with Crippen molar-refractivity contribution in [1.29, 1.82) is 0 Å². The zero-order valence-electron chi connectivity index (χ0n) is 12.3. The lowest BCUT2D eigenvalue weighted by Crippen LogP contribution is -2.27. The summed E-state index contributed by atoms with van der Waals surface area (Å²) in [6.45, 7) is 3.68. The quantitative estimate of drug-likeness (QED) is 0.909. The Balaban J connectivity index is 1.70. The maximum atomic E-state index is 12.2.